The van der Waals surface area contributed by atoms with Crippen LogP contribution in [0.5, 0.6) is 0 Å². The number of hydrogen-bond acceptors (Lipinski definition) is 4. The van der Waals surface area contributed by atoms with Crippen LogP contribution in [0, 0.1) is 11.7 Å². The number of hydrogen-bond donors (Lipinski definition) is 1. The highest BCUT2D eigenvalue weighted by atomic mass is 32.2. The molecule has 2 aromatic rings. The fourth-order valence-electron chi connectivity index (χ4n) is 2.66. The van der Waals surface area contributed by atoms with Crippen molar-refractivity contribution in [3.8, 4) is 11.4 Å². The number of aromatic nitrogens is 3. The molecule has 0 aliphatic rings. The van der Waals surface area contributed by atoms with E-state index in [0.29, 0.717) is 29.0 Å². The van der Waals surface area contributed by atoms with Crippen molar-refractivity contribution in [3.05, 3.63) is 30.1 Å². The zero-order valence-corrected chi connectivity index (χ0v) is 16.6. The molecule has 0 fully saturated rings. The Hall–Kier alpha value is -1.89. The van der Waals surface area contributed by atoms with Crippen LogP contribution in [0.4, 0.5) is 4.39 Å². The Labute approximate surface area is 158 Å². The molecular weight excluding hydrogens is 351 g/mol. The second-order valence-electron chi connectivity index (χ2n) is 6.66. The van der Waals surface area contributed by atoms with E-state index in [4.69, 9.17) is 0 Å². The van der Waals surface area contributed by atoms with Crippen LogP contribution in [0.2, 0.25) is 0 Å². The Kier molecular flexibility index (Phi) is 7.63. The van der Waals surface area contributed by atoms with Gasteiger partial charge in [-0.1, -0.05) is 51.6 Å². The molecule has 142 valence electrons. The predicted octanol–water partition coefficient (Wildman–Crippen LogP) is 4.14. The third-order valence-corrected chi connectivity index (χ3v) is 5.03. The molecule has 0 unspecified atom stereocenters. The maximum absolute atomic E-state index is 14.2. The summed E-state index contributed by atoms with van der Waals surface area (Å²) in [7, 11) is 0. The summed E-state index contributed by atoms with van der Waals surface area (Å²) in [5, 5.41) is 12.1. The van der Waals surface area contributed by atoms with E-state index in [9.17, 15) is 9.18 Å². The normalized spacial score (nSPS) is 11.3. The van der Waals surface area contributed by atoms with E-state index in [0.717, 1.165) is 12.8 Å². The second-order valence-corrected chi connectivity index (χ2v) is 7.60. The minimum Gasteiger partial charge on any atom is -0.353 e. The summed E-state index contributed by atoms with van der Waals surface area (Å²) in [5.41, 5.74) is 0.425. The van der Waals surface area contributed by atoms with Crippen molar-refractivity contribution in [1.29, 1.82) is 0 Å². The molecule has 7 heteroatoms. The monoisotopic (exact) mass is 378 g/mol. The molecule has 0 saturated carbocycles. The Morgan fingerprint density at radius 1 is 1.23 bits per heavy atom. The van der Waals surface area contributed by atoms with Gasteiger partial charge in [-0.25, -0.2) is 4.39 Å². The van der Waals surface area contributed by atoms with E-state index < -0.39 is 0 Å². The minimum atomic E-state index is -0.326. The van der Waals surface area contributed by atoms with Crippen LogP contribution in [0.15, 0.2) is 29.4 Å². The van der Waals surface area contributed by atoms with Crippen LogP contribution in [-0.4, -0.2) is 32.5 Å². The standard InChI is InChI=1S/C19H27FN4OS/c1-5-14(6-2)21-17(25)12-26-19-23-22-18(24(19)11-13(3)4)15-9-7-8-10-16(15)20/h7-10,13-14H,5-6,11-12H2,1-4H3,(H,21,25). The van der Waals surface area contributed by atoms with Crippen molar-refractivity contribution < 1.29 is 9.18 Å². The van der Waals surface area contributed by atoms with Gasteiger partial charge in [-0.05, 0) is 30.9 Å². The van der Waals surface area contributed by atoms with Crippen LogP contribution in [-0.2, 0) is 11.3 Å². The van der Waals surface area contributed by atoms with E-state index in [2.05, 4.69) is 43.2 Å². The molecule has 0 radical (unpaired) electrons. The fraction of sp³-hybridized carbons (Fsp3) is 0.526. The van der Waals surface area contributed by atoms with E-state index in [1.807, 2.05) is 4.57 Å². The van der Waals surface area contributed by atoms with Crippen molar-refractivity contribution in [2.75, 3.05) is 5.75 Å². The summed E-state index contributed by atoms with van der Waals surface area (Å²) in [6, 6.07) is 6.75. The molecular formula is C19H27FN4OS. The van der Waals surface area contributed by atoms with Gasteiger partial charge in [-0.2, -0.15) is 0 Å². The van der Waals surface area contributed by atoms with E-state index in [-0.39, 0.29) is 23.5 Å². The molecule has 0 saturated heterocycles. The highest BCUT2D eigenvalue weighted by Crippen LogP contribution is 2.26. The summed E-state index contributed by atoms with van der Waals surface area (Å²) in [6.45, 7) is 8.94. The summed E-state index contributed by atoms with van der Waals surface area (Å²) >= 11 is 1.34. The van der Waals surface area contributed by atoms with Gasteiger partial charge in [0.1, 0.15) is 5.82 Å². The molecule has 1 N–H and O–H groups in total. The number of benzene rings is 1. The number of nitrogens with one attached hydrogen (secondary N) is 1. The zero-order valence-electron chi connectivity index (χ0n) is 15.8. The van der Waals surface area contributed by atoms with Gasteiger partial charge in [0.25, 0.3) is 0 Å². The summed E-state index contributed by atoms with van der Waals surface area (Å²) in [5.74, 6) is 0.765. The maximum Gasteiger partial charge on any atom is 0.230 e. The van der Waals surface area contributed by atoms with Crippen molar-refractivity contribution in [1.82, 2.24) is 20.1 Å². The maximum atomic E-state index is 14.2. The van der Waals surface area contributed by atoms with Gasteiger partial charge in [-0.15, -0.1) is 10.2 Å². The second kappa shape index (κ2) is 9.71. The number of thioether (sulfide) groups is 1. The topological polar surface area (TPSA) is 59.8 Å². The van der Waals surface area contributed by atoms with E-state index in [1.165, 1.54) is 17.8 Å². The van der Waals surface area contributed by atoms with Gasteiger partial charge < -0.3 is 9.88 Å². The third kappa shape index (κ3) is 5.30. The SMILES string of the molecule is CCC(CC)NC(=O)CSc1nnc(-c2ccccc2F)n1CC(C)C. The van der Waals surface area contributed by atoms with Gasteiger partial charge in [0, 0.05) is 12.6 Å². The van der Waals surface area contributed by atoms with Crippen LogP contribution < -0.4 is 5.32 Å². The number of nitrogens with zero attached hydrogens (tertiary/aromatic N) is 3. The summed E-state index contributed by atoms with van der Waals surface area (Å²) in [4.78, 5) is 12.2. The highest BCUT2D eigenvalue weighted by Gasteiger charge is 2.19. The van der Waals surface area contributed by atoms with Crippen LogP contribution >= 0.6 is 11.8 Å². The first-order valence-electron chi connectivity index (χ1n) is 9.06. The molecule has 0 bridgehead atoms. The molecule has 0 spiro atoms. The van der Waals surface area contributed by atoms with Gasteiger partial charge in [0.2, 0.25) is 5.91 Å². The van der Waals surface area contributed by atoms with Crippen molar-refractivity contribution in [3.63, 3.8) is 0 Å². The number of halogens is 1. The zero-order chi connectivity index (χ0) is 19.1. The number of carbonyl (C=O) groups is 1. The first-order chi connectivity index (χ1) is 12.5. The lowest BCUT2D eigenvalue weighted by Crippen LogP contribution is -2.35. The average Bonchev–Trinajstić information content (AvgIpc) is 3.00. The summed E-state index contributed by atoms with van der Waals surface area (Å²) in [6.07, 6.45) is 1.82. The Morgan fingerprint density at radius 2 is 1.92 bits per heavy atom. The minimum absolute atomic E-state index is 0.0183. The first-order valence-corrected chi connectivity index (χ1v) is 10.0. The van der Waals surface area contributed by atoms with Crippen molar-refractivity contribution in [2.24, 2.45) is 5.92 Å². The molecule has 5 nitrogen and oxygen atoms in total. The van der Waals surface area contributed by atoms with E-state index in [1.54, 1.807) is 18.2 Å². The molecule has 0 atom stereocenters. The number of carbonyl (C=O) groups excluding carboxylic acids is 1. The van der Waals surface area contributed by atoms with Gasteiger partial charge in [0.15, 0.2) is 11.0 Å². The Balaban J connectivity index is 2.18. The lowest BCUT2D eigenvalue weighted by atomic mass is 10.2. The molecule has 0 aliphatic heterocycles. The Morgan fingerprint density at radius 3 is 2.54 bits per heavy atom. The molecule has 1 amide bonds. The van der Waals surface area contributed by atoms with Crippen molar-refractivity contribution >= 4 is 17.7 Å². The molecule has 2 rings (SSSR count). The largest absolute Gasteiger partial charge is 0.353 e. The van der Waals surface area contributed by atoms with E-state index >= 15 is 0 Å². The average molecular weight is 379 g/mol. The van der Waals surface area contributed by atoms with Crippen LogP contribution in [0.1, 0.15) is 40.5 Å². The lowest BCUT2D eigenvalue weighted by molar-refractivity contribution is -0.119. The van der Waals surface area contributed by atoms with Gasteiger partial charge in [0.05, 0.1) is 11.3 Å². The number of amides is 1. The Bertz CT molecular complexity index is 728. The van der Waals surface area contributed by atoms with Crippen molar-refractivity contribution in [2.45, 2.75) is 58.3 Å². The molecule has 26 heavy (non-hydrogen) atoms. The summed E-state index contributed by atoms with van der Waals surface area (Å²) < 4.78 is 16.1. The van der Waals surface area contributed by atoms with Crippen LogP contribution in [0.25, 0.3) is 11.4 Å². The smallest absolute Gasteiger partial charge is 0.230 e. The molecule has 1 heterocycles. The molecule has 0 aliphatic carbocycles. The molecule has 1 aromatic heterocycles. The predicted molar refractivity (Wildman–Crippen MR) is 103 cm³/mol. The lowest BCUT2D eigenvalue weighted by Gasteiger charge is -2.15. The fourth-order valence-corrected chi connectivity index (χ4v) is 3.42. The quantitative estimate of drug-likeness (QED) is 0.666. The first kappa shape index (κ1) is 20.4. The van der Waals surface area contributed by atoms with Gasteiger partial charge in [-0.3, -0.25) is 4.79 Å². The number of rotatable bonds is 9. The van der Waals surface area contributed by atoms with Crippen LogP contribution in [0.3, 0.4) is 0 Å². The third-order valence-electron chi connectivity index (χ3n) is 4.06. The molecule has 1 aromatic carbocycles. The van der Waals surface area contributed by atoms with Gasteiger partial charge >= 0.3 is 0 Å². The highest BCUT2D eigenvalue weighted by molar-refractivity contribution is 7.99.